The van der Waals surface area contributed by atoms with Crippen LogP contribution in [0.3, 0.4) is 0 Å². The molecule has 0 aliphatic rings. The van der Waals surface area contributed by atoms with Crippen LogP contribution in [0.25, 0.3) is 0 Å². The third-order valence-electron chi connectivity index (χ3n) is 0. The second kappa shape index (κ2) is 8.83. The Morgan fingerprint density at radius 2 is 0.692 bits per heavy atom. The van der Waals surface area contributed by atoms with Crippen LogP contribution in [0.4, 0.5) is 0 Å². The minimum atomic E-state index is -4.64. The van der Waals surface area contributed by atoms with E-state index in [1.165, 1.54) is 0 Å². The van der Waals surface area contributed by atoms with Crippen LogP contribution in [0.1, 0.15) is 0 Å². The van der Waals surface area contributed by atoms with Gasteiger partial charge in [-0.3, -0.25) is 0 Å². The minimum absolute atomic E-state index is 1.08. The molecule has 6 N–H and O–H groups in total. The molecule has 13 heteroatoms. The summed E-state index contributed by atoms with van der Waals surface area (Å²) in [6.45, 7) is 0. The molecular formula is H6O10P3. The summed E-state index contributed by atoms with van der Waals surface area (Å²) < 4.78 is 34.5. The molecule has 0 amide bonds. The van der Waals surface area contributed by atoms with E-state index < -0.39 is 24.0 Å². The van der Waals surface area contributed by atoms with Gasteiger partial charge in [-0.25, -0.2) is 9.13 Å². The molecule has 0 aromatic rings. The number of hydrogen-bond donors (Lipinski definition) is 6. The second-order valence-corrected chi connectivity index (χ2v) is 3.30. The Kier molecular flexibility index (Phi) is 12.9. The molecule has 13 heavy (non-hydrogen) atoms. The Morgan fingerprint density at radius 1 is 0.692 bits per heavy atom. The number of hydrogen-bond acceptors (Lipinski definition) is 4. The van der Waals surface area contributed by atoms with Crippen LogP contribution in [0.2, 0.25) is 0 Å². The van der Waals surface area contributed by atoms with Gasteiger partial charge in [0.25, 0.3) is 0 Å². The third-order valence-corrected chi connectivity index (χ3v) is 0. The fourth-order valence-corrected chi connectivity index (χ4v) is 0. The molecular weight excluding hydrogens is 253 g/mol. The number of phosphoric acid groups is 2. The van der Waals surface area contributed by atoms with Crippen LogP contribution in [0, 0.1) is 0 Å². The summed E-state index contributed by atoms with van der Waals surface area (Å²) in [4.78, 5) is 43.1. The van der Waals surface area contributed by atoms with Gasteiger partial charge in [-0.1, -0.05) is 0 Å². The summed E-state index contributed by atoms with van der Waals surface area (Å²) in [5.74, 6) is 0. The second-order valence-electron chi connectivity index (χ2n) is 1.10. The van der Waals surface area contributed by atoms with Crippen LogP contribution in [0.15, 0.2) is 0 Å². The molecule has 0 fully saturated rings. The van der Waals surface area contributed by atoms with E-state index in [4.69, 9.17) is 47.6 Å². The van der Waals surface area contributed by atoms with Crippen molar-refractivity contribution in [2.75, 3.05) is 0 Å². The first-order valence-electron chi connectivity index (χ1n) is 1.93. The molecule has 0 unspecified atom stereocenters. The average Bonchev–Trinajstić information content (AvgIpc) is 1.52. The van der Waals surface area contributed by atoms with E-state index >= 15 is 0 Å². The molecule has 0 spiro atoms. The van der Waals surface area contributed by atoms with Crippen molar-refractivity contribution >= 4 is 24.0 Å². The van der Waals surface area contributed by atoms with Crippen LogP contribution in [-0.2, 0) is 18.3 Å². The Hall–Kier alpha value is 0.250. The van der Waals surface area contributed by atoms with Crippen LogP contribution in [0.5, 0.6) is 0 Å². The molecule has 0 bridgehead atoms. The van der Waals surface area contributed by atoms with E-state index in [-0.39, 0.29) is 0 Å². The van der Waals surface area contributed by atoms with E-state index in [1.54, 1.807) is 0 Å². The van der Waals surface area contributed by atoms with Gasteiger partial charge in [0.15, 0.2) is 0 Å². The van der Waals surface area contributed by atoms with Crippen LogP contribution in [-0.4, -0.2) is 29.4 Å². The van der Waals surface area contributed by atoms with Crippen molar-refractivity contribution in [3.63, 3.8) is 0 Å². The molecule has 0 saturated carbocycles. The monoisotopic (exact) mass is 259 g/mol. The Bertz CT molecular complexity index is 184. The normalized spacial score (nSPS) is 9.69. The number of rotatable bonds is 0. The Morgan fingerprint density at radius 3 is 0.692 bits per heavy atom. The predicted octanol–water partition coefficient (Wildman–Crippen LogP) is -1.23. The van der Waals surface area contributed by atoms with Gasteiger partial charge in [-0.15, -0.1) is 0 Å². The van der Waals surface area contributed by atoms with E-state index in [0.717, 1.165) is 0 Å². The Labute approximate surface area is 72.6 Å². The van der Waals surface area contributed by atoms with Gasteiger partial charge in [0.05, 0.1) is 0 Å². The first kappa shape index (κ1) is 18.9. The summed E-state index contributed by atoms with van der Waals surface area (Å²) in [5, 5.41) is 0. The SMILES string of the molecule is O=P(O)(O)O.O=P(O)(O)O.O=[P]=O. The average molecular weight is 259 g/mol. The molecule has 0 saturated heterocycles. The van der Waals surface area contributed by atoms with Crippen molar-refractivity contribution in [2.45, 2.75) is 0 Å². The molecule has 0 rings (SSSR count). The predicted molar refractivity (Wildman–Crippen MR) is 36.8 cm³/mol. The van der Waals surface area contributed by atoms with Crippen molar-refractivity contribution in [2.24, 2.45) is 0 Å². The van der Waals surface area contributed by atoms with Gasteiger partial charge in [-0.2, -0.15) is 0 Å². The van der Waals surface area contributed by atoms with Gasteiger partial charge in [0.1, 0.15) is 0 Å². The molecule has 0 atom stereocenters. The zero-order valence-electron chi connectivity index (χ0n) is 5.66. The Balaban J connectivity index is -0.000000120. The maximum absolute atomic E-state index is 8.88. The molecule has 1 radical (unpaired) electrons. The zero-order valence-corrected chi connectivity index (χ0v) is 8.34. The quantitative estimate of drug-likeness (QED) is 0.287. The van der Waals surface area contributed by atoms with E-state index in [9.17, 15) is 0 Å². The summed E-state index contributed by atoms with van der Waals surface area (Å²) >= 11 is 0. The van der Waals surface area contributed by atoms with Crippen molar-refractivity contribution in [1.29, 1.82) is 0 Å². The molecule has 0 aliphatic carbocycles. The maximum atomic E-state index is 8.88. The van der Waals surface area contributed by atoms with Gasteiger partial charge >= 0.3 is 33.1 Å². The molecule has 0 heterocycles. The molecule has 0 aromatic heterocycles. The van der Waals surface area contributed by atoms with E-state index in [0.29, 0.717) is 0 Å². The summed E-state index contributed by atoms with van der Waals surface area (Å²) in [7, 11) is -10.4. The summed E-state index contributed by atoms with van der Waals surface area (Å²) in [5.41, 5.74) is 0. The first-order valence-corrected chi connectivity index (χ1v) is 5.79. The zero-order chi connectivity index (χ0) is 11.7. The summed E-state index contributed by atoms with van der Waals surface area (Å²) in [6, 6.07) is 0. The molecule has 0 aromatic carbocycles. The summed E-state index contributed by atoms with van der Waals surface area (Å²) in [6.07, 6.45) is 0. The van der Waals surface area contributed by atoms with Crippen molar-refractivity contribution in [3.8, 4) is 0 Å². The van der Waals surface area contributed by atoms with Gasteiger partial charge in [0, 0.05) is 0 Å². The third kappa shape index (κ3) is 20600. The molecule has 10 nitrogen and oxygen atoms in total. The molecule has 81 valence electrons. The van der Waals surface area contributed by atoms with Gasteiger partial charge < -0.3 is 29.4 Å². The first-order chi connectivity index (χ1) is 5.41. The van der Waals surface area contributed by atoms with Gasteiger partial charge in [0.2, 0.25) is 0 Å². The fourth-order valence-electron chi connectivity index (χ4n) is 0. The topological polar surface area (TPSA) is 190 Å². The molecule has 0 aliphatic heterocycles. The van der Waals surface area contributed by atoms with Crippen LogP contribution < -0.4 is 0 Å². The van der Waals surface area contributed by atoms with Crippen molar-refractivity contribution in [3.05, 3.63) is 0 Å². The fraction of sp³-hybridized carbons (Fsp3) is 0. The van der Waals surface area contributed by atoms with Crippen molar-refractivity contribution < 1.29 is 47.6 Å². The van der Waals surface area contributed by atoms with E-state index in [1.807, 2.05) is 0 Å². The van der Waals surface area contributed by atoms with Crippen molar-refractivity contribution in [1.82, 2.24) is 0 Å². The van der Waals surface area contributed by atoms with Gasteiger partial charge in [-0.05, 0) is 0 Å². The van der Waals surface area contributed by atoms with E-state index in [2.05, 4.69) is 0 Å². The standard InChI is InChI=1S/2H3O4P.O2P/c2*1-5(2,3)4;1-3-2/h2*(H3,1,2,3,4);. The van der Waals surface area contributed by atoms with Crippen LogP contribution >= 0.6 is 24.0 Å².